The fourth-order valence-electron chi connectivity index (χ4n) is 3.74. The van der Waals surface area contributed by atoms with Gasteiger partial charge in [0.25, 0.3) is 0 Å². The highest BCUT2D eigenvalue weighted by molar-refractivity contribution is 6.30. The maximum absolute atomic E-state index is 11.7. The van der Waals surface area contributed by atoms with Crippen molar-refractivity contribution in [3.8, 4) is 5.75 Å². The number of amidine groups is 1. The molecule has 0 radical (unpaired) electrons. The zero-order valence-corrected chi connectivity index (χ0v) is 17.7. The van der Waals surface area contributed by atoms with Crippen molar-refractivity contribution in [2.24, 2.45) is 7.05 Å². The van der Waals surface area contributed by atoms with Crippen molar-refractivity contribution in [3.05, 3.63) is 59.6 Å². The lowest BCUT2D eigenvalue weighted by Gasteiger charge is -2.19. The number of imidazole rings is 1. The van der Waals surface area contributed by atoms with Gasteiger partial charge in [-0.05, 0) is 36.8 Å². The second kappa shape index (κ2) is 8.14. The number of carbonyl (C=O) groups excluding carboxylic acids is 1. The number of hydrogen-bond donors (Lipinski definition) is 2. The summed E-state index contributed by atoms with van der Waals surface area (Å²) in [6.07, 6.45) is 0.198. The number of ether oxygens (including phenoxy) is 2. The second-order valence-electron chi connectivity index (χ2n) is 7.25. The summed E-state index contributed by atoms with van der Waals surface area (Å²) in [5, 5.41) is 19.4. The largest absolute Gasteiger partial charge is 0.509 e. The predicted molar refractivity (Wildman–Crippen MR) is 119 cm³/mol. The average molecular weight is 420 g/mol. The van der Waals surface area contributed by atoms with E-state index in [9.17, 15) is 9.90 Å². The predicted octanol–water partition coefficient (Wildman–Crippen LogP) is 3.45. The Morgan fingerprint density at radius 2 is 1.97 bits per heavy atom. The minimum absolute atomic E-state index is 0.0889. The molecule has 8 heteroatoms. The summed E-state index contributed by atoms with van der Waals surface area (Å²) in [6.45, 7) is 2.31. The van der Waals surface area contributed by atoms with Crippen LogP contribution in [0.2, 0.25) is 0 Å². The lowest BCUT2D eigenvalue weighted by molar-refractivity contribution is -0.142. The summed E-state index contributed by atoms with van der Waals surface area (Å²) in [4.78, 5) is 18.0. The third kappa shape index (κ3) is 3.72. The Balaban J connectivity index is 1.60. The van der Waals surface area contributed by atoms with Gasteiger partial charge >= 0.3 is 5.97 Å². The van der Waals surface area contributed by atoms with Crippen LogP contribution in [0.3, 0.4) is 0 Å². The molecular formula is C23H24N4O4. The van der Waals surface area contributed by atoms with Crippen LogP contribution in [0.15, 0.2) is 48.2 Å². The van der Waals surface area contributed by atoms with Gasteiger partial charge in [-0.25, -0.2) is 4.98 Å². The summed E-state index contributed by atoms with van der Waals surface area (Å²) >= 11 is 0. The van der Waals surface area contributed by atoms with Crippen LogP contribution in [0.5, 0.6) is 5.75 Å². The number of anilines is 1. The summed E-state index contributed by atoms with van der Waals surface area (Å²) in [6, 6.07) is 12.9. The number of hydrogen-bond acceptors (Lipinski definition) is 6. The van der Waals surface area contributed by atoms with Crippen molar-refractivity contribution in [3.63, 3.8) is 0 Å². The quantitative estimate of drug-likeness (QED) is 0.593. The minimum atomic E-state index is -0.274. The van der Waals surface area contributed by atoms with Gasteiger partial charge in [-0.1, -0.05) is 12.1 Å². The van der Waals surface area contributed by atoms with E-state index in [2.05, 4.69) is 4.98 Å². The van der Waals surface area contributed by atoms with Gasteiger partial charge in [0.1, 0.15) is 23.2 Å². The van der Waals surface area contributed by atoms with Crippen LogP contribution in [0.4, 0.5) is 5.69 Å². The molecule has 3 aromatic rings. The molecule has 2 N–H and O–H groups in total. The first-order valence-corrected chi connectivity index (χ1v) is 9.97. The fraction of sp³-hybridized carbons (Fsp3) is 0.261. The molecule has 0 saturated heterocycles. The lowest BCUT2D eigenvalue weighted by atomic mass is 10.1. The fourth-order valence-corrected chi connectivity index (χ4v) is 3.74. The first-order valence-electron chi connectivity index (χ1n) is 9.97. The van der Waals surface area contributed by atoms with Gasteiger partial charge in [0.05, 0.1) is 43.3 Å². The van der Waals surface area contributed by atoms with Gasteiger partial charge < -0.3 is 24.0 Å². The van der Waals surface area contributed by atoms with E-state index in [1.807, 2.05) is 54.1 Å². The molecule has 0 amide bonds. The molecule has 0 unspecified atom stereocenters. The van der Waals surface area contributed by atoms with E-state index >= 15 is 0 Å². The third-order valence-corrected chi connectivity index (χ3v) is 5.32. The molecule has 160 valence electrons. The van der Waals surface area contributed by atoms with Crippen LogP contribution >= 0.6 is 0 Å². The van der Waals surface area contributed by atoms with Gasteiger partial charge in [0, 0.05) is 18.8 Å². The number of aryl methyl sites for hydroxylation is 1. The van der Waals surface area contributed by atoms with Crippen LogP contribution < -0.4 is 9.64 Å². The number of esters is 1. The van der Waals surface area contributed by atoms with Crippen LogP contribution in [0, 0.1) is 5.41 Å². The Morgan fingerprint density at radius 3 is 2.65 bits per heavy atom. The van der Waals surface area contributed by atoms with Crippen molar-refractivity contribution in [1.29, 1.82) is 5.41 Å². The Kier molecular flexibility index (Phi) is 5.37. The number of fused-ring (bicyclic) bond motifs is 1. The minimum Gasteiger partial charge on any atom is -0.509 e. The molecule has 0 fully saturated rings. The molecule has 31 heavy (non-hydrogen) atoms. The number of aliphatic hydroxyl groups is 1. The molecule has 0 bridgehead atoms. The van der Waals surface area contributed by atoms with Crippen molar-refractivity contribution in [2.45, 2.75) is 13.3 Å². The number of carbonyl (C=O) groups is 1. The van der Waals surface area contributed by atoms with E-state index in [1.54, 1.807) is 18.9 Å². The molecule has 4 rings (SSSR count). The highest BCUT2D eigenvalue weighted by atomic mass is 16.5. The third-order valence-electron chi connectivity index (χ3n) is 5.32. The first kappa shape index (κ1) is 20.5. The van der Waals surface area contributed by atoms with E-state index in [-0.39, 0.29) is 30.5 Å². The number of methoxy groups -OCH3 is 1. The topological polar surface area (TPSA) is 101 Å². The average Bonchev–Trinajstić information content (AvgIpc) is 3.23. The number of nitrogens with zero attached hydrogens (tertiary/aromatic N) is 3. The number of benzene rings is 2. The van der Waals surface area contributed by atoms with Crippen molar-refractivity contribution in [1.82, 2.24) is 9.55 Å². The van der Waals surface area contributed by atoms with Crippen molar-refractivity contribution in [2.75, 3.05) is 25.2 Å². The molecule has 1 aliphatic heterocycles. The van der Waals surface area contributed by atoms with Crippen LogP contribution in [0.25, 0.3) is 16.6 Å². The summed E-state index contributed by atoms with van der Waals surface area (Å²) < 4.78 is 12.1. The van der Waals surface area contributed by atoms with E-state index in [0.717, 1.165) is 22.3 Å². The molecule has 0 aliphatic carbocycles. The summed E-state index contributed by atoms with van der Waals surface area (Å²) in [5.41, 5.74) is 3.58. The second-order valence-corrected chi connectivity index (χ2v) is 7.25. The Labute approximate surface area is 179 Å². The Hall–Kier alpha value is -3.81. The lowest BCUT2D eigenvalue weighted by Crippen LogP contribution is -2.26. The maximum Gasteiger partial charge on any atom is 0.310 e. The van der Waals surface area contributed by atoms with E-state index in [0.29, 0.717) is 23.8 Å². The molecule has 0 spiro atoms. The molecule has 2 aromatic carbocycles. The highest BCUT2D eigenvalue weighted by Crippen LogP contribution is 2.32. The van der Waals surface area contributed by atoms with Crippen molar-refractivity contribution >= 4 is 34.1 Å². The van der Waals surface area contributed by atoms with Gasteiger partial charge in [-0.2, -0.15) is 0 Å². The zero-order valence-electron chi connectivity index (χ0n) is 17.7. The van der Waals surface area contributed by atoms with Gasteiger partial charge in [0.2, 0.25) is 0 Å². The molecule has 0 atom stereocenters. The van der Waals surface area contributed by atoms with Gasteiger partial charge in [0.15, 0.2) is 0 Å². The molecule has 8 nitrogen and oxygen atoms in total. The molecule has 2 heterocycles. The standard InChI is InChI=1S/C23H24N4O4/c1-4-31-20(29)11-14-5-7-15(8-6-14)27-13-19(28)21(22(27)24)23-25-17-12-16(30-3)9-10-18(17)26(23)2/h5-10,12,24,28H,4,11,13H2,1-3H3. The Bertz CT molecular complexity index is 1190. The van der Waals surface area contributed by atoms with Crippen LogP contribution in [0.1, 0.15) is 18.3 Å². The monoisotopic (exact) mass is 420 g/mol. The number of aliphatic hydroxyl groups excluding tert-OH is 1. The van der Waals surface area contributed by atoms with E-state index in [1.165, 1.54) is 0 Å². The smallest absolute Gasteiger partial charge is 0.310 e. The first-order chi connectivity index (χ1) is 14.9. The number of rotatable bonds is 6. The van der Waals surface area contributed by atoms with E-state index in [4.69, 9.17) is 14.9 Å². The van der Waals surface area contributed by atoms with E-state index < -0.39 is 0 Å². The highest BCUT2D eigenvalue weighted by Gasteiger charge is 2.32. The zero-order chi connectivity index (χ0) is 22.1. The van der Waals surface area contributed by atoms with Gasteiger partial charge in [-0.3, -0.25) is 10.2 Å². The SMILES string of the molecule is CCOC(=O)Cc1ccc(N2CC(O)=C(c3nc4cc(OC)ccc4n3C)C2=N)cc1. The Morgan fingerprint density at radius 1 is 1.23 bits per heavy atom. The normalized spacial score (nSPS) is 13.9. The molecule has 0 saturated carbocycles. The molecule has 1 aromatic heterocycles. The van der Waals surface area contributed by atoms with Crippen LogP contribution in [-0.4, -0.2) is 46.7 Å². The summed E-state index contributed by atoms with van der Waals surface area (Å²) in [5.74, 6) is 1.20. The number of aromatic nitrogens is 2. The maximum atomic E-state index is 11.7. The summed E-state index contributed by atoms with van der Waals surface area (Å²) in [7, 11) is 3.46. The van der Waals surface area contributed by atoms with Crippen molar-refractivity contribution < 1.29 is 19.4 Å². The molecule has 1 aliphatic rings. The van der Waals surface area contributed by atoms with Gasteiger partial charge in [-0.15, -0.1) is 0 Å². The van der Waals surface area contributed by atoms with Crippen LogP contribution in [-0.2, 0) is 23.0 Å². The molecular weight excluding hydrogens is 396 g/mol. The number of nitrogens with one attached hydrogen (secondary N) is 1.